The molecule has 0 saturated heterocycles. The third-order valence-electron chi connectivity index (χ3n) is 2.64. The summed E-state index contributed by atoms with van der Waals surface area (Å²) in [6, 6.07) is 0. The van der Waals surface area contributed by atoms with Crippen molar-refractivity contribution in [3.05, 3.63) is 18.1 Å². The molecule has 0 fully saturated rings. The number of nitrogens with one attached hydrogen (secondary N) is 1. The minimum Gasteiger partial charge on any atom is -0.369 e. The fourth-order valence-corrected chi connectivity index (χ4v) is 1.70. The summed E-state index contributed by atoms with van der Waals surface area (Å²) in [5.74, 6) is 1.49. The van der Waals surface area contributed by atoms with E-state index in [0.29, 0.717) is 5.92 Å². The molecular formula is C12H21N3. The highest BCUT2D eigenvalue weighted by molar-refractivity contribution is 5.41. The van der Waals surface area contributed by atoms with Crippen molar-refractivity contribution in [1.29, 1.82) is 0 Å². The van der Waals surface area contributed by atoms with E-state index < -0.39 is 0 Å². The molecule has 15 heavy (non-hydrogen) atoms. The van der Waals surface area contributed by atoms with Crippen LogP contribution in [0.4, 0.5) is 5.82 Å². The molecule has 0 unspecified atom stereocenters. The lowest BCUT2D eigenvalue weighted by Crippen LogP contribution is -2.09. The van der Waals surface area contributed by atoms with Gasteiger partial charge in [0.25, 0.3) is 0 Å². The number of rotatable bonds is 6. The summed E-state index contributed by atoms with van der Waals surface area (Å²) >= 11 is 0. The van der Waals surface area contributed by atoms with Gasteiger partial charge in [0.1, 0.15) is 5.82 Å². The number of nitrogens with zero attached hydrogens (tertiary/aromatic N) is 2. The fourth-order valence-electron chi connectivity index (χ4n) is 1.70. The number of aromatic nitrogens is 2. The summed E-state index contributed by atoms with van der Waals surface area (Å²) in [6.07, 6.45) is 6.89. The maximum Gasteiger partial charge on any atom is 0.148 e. The van der Waals surface area contributed by atoms with Gasteiger partial charge in [0.2, 0.25) is 0 Å². The molecular weight excluding hydrogens is 186 g/mol. The number of hydrogen-bond acceptors (Lipinski definition) is 3. The third-order valence-corrected chi connectivity index (χ3v) is 2.64. The van der Waals surface area contributed by atoms with Gasteiger partial charge in [-0.15, -0.1) is 0 Å². The van der Waals surface area contributed by atoms with Crippen LogP contribution in [-0.2, 0) is 0 Å². The quantitative estimate of drug-likeness (QED) is 0.778. The third kappa shape index (κ3) is 3.18. The average molecular weight is 207 g/mol. The lowest BCUT2D eigenvalue weighted by Gasteiger charge is -2.15. The molecule has 0 atom stereocenters. The Labute approximate surface area is 92.3 Å². The van der Waals surface area contributed by atoms with Crippen molar-refractivity contribution < 1.29 is 0 Å². The second-order valence-electron chi connectivity index (χ2n) is 3.73. The molecule has 0 aliphatic rings. The Bertz CT molecular complexity index is 282. The molecule has 84 valence electrons. The Morgan fingerprint density at radius 1 is 1.13 bits per heavy atom. The summed E-state index contributed by atoms with van der Waals surface area (Å²) in [6.45, 7) is 7.52. The summed E-state index contributed by atoms with van der Waals surface area (Å²) in [5.41, 5.74) is 1.12. The minimum atomic E-state index is 0.526. The first kappa shape index (κ1) is 12.0. The van der Waals surface area contributed by atoms with Gasteiger partial charge in [0.15, 0.2) is 0 Å². The Morgan fingerprint density at radius 3 is 2.40 bits per heavy atom. The van der Waals surface area contributed by atoms with Gasteiger partial charge in [-0.1, -0.05) is 20.8 Å². The molecule has 3 heteroatoms. The van der Waals surface area contributed by atoms with Crippen LogP contribution in [0.1, 0.15) is 51.6 Å². The first-order chi connectivity index (χ1) is 7.33. The Morgan fingerprint density at radius 2 is 1.80 bits per heavy atom. The van der Waals surface area contributed by atoms with Crippen molar-refractivity contribution in [3.8, 4) is 0 Å². The van der Waals surface area contributed by atoms with Gasteiger partial charge in [0.05, 0.1) is 5.69 Å². The second kappa shape index (κ2) is 6.38. The van der Waals surface area contributed by atoms with Crippen LogP contribution in [0.5, 0.6) is 0 Å². The lowest BCUT2D eigenvalue weighted by atomic mass is 9.99. The van der Waals surface area contributed by atoms with E-state index in [4.69, 9.17) is 0 Å². The van der Waals surface area contributed by atoms with Crippen molar-refractivity contribution in [2.45, 2.75) is 46.0 Å². The zero-order valence-corrected chi connectivity index (χ0v) is 9.95. The molecule has 1 aromatic heterocycles. The molecule has 0 aliphatic heterocycles. The summed E-state index contributed by atoms with van der Waals surface area (Å²) in [4.78, 5) is 8.81. The van der Waals surface area contributed by atoms with E-state index in [1.54, 1.807) is 12.4 Å². The molecule has 0 aliphatic carbocycles. The second-order valence-corrected chi connectivity index (χ2v) is 3.73. The predicted octanol–water partition coefficient (Wildman–Crippen LogP) is 3.20. The molecule has 0 radical (unpaired) electrons. The van der Waals surface area contributed by atoms with Crippen molar-refractivity contribution in [2.75, 3.05) is 11.9 Å². The van der Waals surface area contributed by atoms with Gasteiger partial charge in [-0.25, -0.2) is 4.98 Å². The molecule has 1 N–H and O–H groups in total. The van der Waals surface area contributed by atoms with Gasteiger partial charge >= 0.3 is 0 Å². The van der Waals surface area contributed by atoms with Crippen LogP contribution in [0.25, 0.3) is 0 Å². The van der Waals surface area contributed by atoms with E-state index in [9.17, 15) is 0 Å². The van der Waals surface area contributed by atoms with Crippen molar-refractivity contribution in [2.24, 2.45) is 0 Å². The fraction of sp³-hybridized carbons (Fsp3) is 0.667. The van der Waals surface area contributed by atoms with E-state index in [-0.39, 0.29) is 0 Å². The zero-order valence-electron chi connectivity index (χ0n) is 9.95. The van der Waals surface area contributed by atoms with Crippen molar-refractivity contribution in [1.82, 2.24) is 9.97 Å². The zero-order chi connectivity index (χ0) is 11.1. The summed E-state index contributed by atoms with van der Waals surface area (Å²) in [5, 5.41) is 3.34. The minimum absolute atomic E-state index is 0.526. The monoisotopic (exact) mass is 207 g/mol. The predicted molar refractivity (Wildman–Crippen MR) is 64.1 cm³/mol. The maximum absolute atomic E-state index is 4.45. The normalized spacial score (nSPS) is 10.7. The Balaban J connectivity index is 2.84. The van der Waals surface area contributed by atoms with Crippen LogP contribution in [0, 0.1) is 0 Å². The average Bonchev–Trinajstić information content (AvgIpc) is 2.29. The maximum atomic E-state index is 4.45. The SMILES string of the molecule is CCCNc1nccnc1C(CC)CC. The topological polar surface area (TPSA) is 37.8 Å². The highest BCUT2D eigenvalue weighted by atomic mass is 15.0. The molecule has 1 heterocycles. The number of hydrogen-bond donors (Lipinski definition) is 1. The molecule has 1 aromatic rings. The van der Waals surface area contributed by atoms with E-state index >= 15 is 0 Å². The highest BCUT2D eigenvalue weighted by Crippen LogP contribution is 2.25. The molecule has 0 bridgehead atoms. The molecule has 0 aromatic carbocycles. The van der Waals surface area contributed by atoms with Gasteiger partial charge in [0, 0.05) is 24.9 Å². The molecule has 0 amide bonds. The first-order valence-electron chi connectivity index (χ1n) is 5.88. The van der Waals surface area contributed by atoms with Crippen LogP contribution in [-0.4, -0.2) is 16.5 Å². The molecule has 3 nitrogen and oxygen atoms in total. The van der Waals surface area contributed by atoms with Crippen LogP contribution < -0.4 is 5.32 Å². The van der Waals surface area contributed by atoms with Gasteiger partial charge < -0.3 is 5.32 Å². The van der Waals surface area contributed by atoms with E-state index in [1.807, 2.05) is 0 Å². The molecule has 0 saturated carbocycles. The number of anilines is 1. The van der Waals surface area contributed by atoms with Crippen LogP contribution in [0.3, 0.4) is 0 Å². The van der Waals surface area contributed by atoms with E-state index in [0.717, 1.165) is 37.3 Å². The summed E-state index contributed by atoms with van der Waals surface area (Å²) < 4.78 is 0. The van der Waals surface area contributed by atoms with Crippen LogP contribution >= 0.6 is 0 Å². The smallest absolute Gasteiger partial charge is 0.148 e. The van der Waals surface area contributed by atoms with Crippen molar-refractivity contribution >= 4 is 5.82 Å². The highest BCUT2D eigenvalue weighted by Gasteiger charge is 2.13. The lowest BCUT2D eigenvalue weighted by molar-refractivity contribution is 0.621. The van der Waals surface area contributed by atoms with Crippen LogP contribution in [0.15, 0.2) is 12.4 Å². The first-order valence-corrected chi connectivity index (χ1v) is 5.88. The van der Waals surface area contributed by atoms with E-state index in [2.05, 4.69) is 36.1 Å². The van der Waals surface area contributed by atoms with Gasteiger partial charge in [-0.3, -0.25) is 4.98 Å². The Hall–Kier alpha value is -1.12. The summed E-state index contributed by atoms with van der Waals surface area (Å²) in [7, 11) is 0. The standard InChI is InChI=1S/C12H21N3/c1-4-7-14-12-11(10(5-2)6-3)13-8-9-15-12/h8-10H,4-7H2,1-3H3,(H,14,15). The van der Waals surface area contributed by atoms with Crippen molar-refractivity contribution in [3.63, 3.8) is 0 Å². The molecule has 1 rings (SSSR count). The van der Waals surface area contributed by atoms with E-state index in [1.165, 1.54) is 0 Å². The van der Waals surface area contributed by atoms with Crippen LogP contribution in [0.2, 0.25) is 0 Å². The molecule has 0 spiro atoms. The van der Waals surface area contributed by atoms with Gasteiger partial charge in [-0.2, -0.15) is 0 Å². The van der Waals surface area contributed by atoms with Gasteiger partial charge in [-0.05, 0) is 19.3 Å². The largest absolute Gasteiger partial charge is 0.369 e. The Kier molecular flexibility index (Phi) is 5.08.